The van der Waals surface area contributed by atoms with Crippen molar-refractivity contribution in [2.45, 2.75) is 26.8 Å². The molecule has 1 aliphatic heterocycles. The van der Waals surface area contributed by atoms with Crippen LogP contribution >= 0.6 is 0 Å². The van der Waals surface area contributed by atoms with Crippen LogP contribution in [0.5, 0.6) is 11.5 Å². The van der Waals surface area contributed by atoms with Crippen LogP contribution in [0.3, 0.4) is 0 Å². The largest absolute Gasteiger partial charge is 0.496 e. The lowest BCUT2D eigenvalue weighted by molar-refractivity contribution is 0.0649. The molecule has 0 N–H and O–H groups in total. The number of rotatable bonds is 6. The molecule has 1 fully saturated rings. The van der Waals surface area contributed by atoms with E-state index < -0.39 is 0 Å². The van der Waals surface area contributed by atoms with E-state index in [4.69, 9.17) is 14.0 Å². The van der Waals surface area contributed by atoms with Crippen LogP contribution in [0.2, 0.25) is 0 Å². The summed E-state index contributed by atoms with van der Waals surface area (Å²) in [7, 11) is 3.14. The maximum Gasteiger partial charge on any atom is 0.264 e. The normalized spacial score (nSPS) is 13.1. The van der Waals surface area contributed by atoms with E-state index in [9.17, 15) is 9.59 Å². The second-order valence-corrected chi connectivity index (χ2v) is 8.56. The zero-order chi connectivity index (χ0) is 24.7. The number of hydrogen-bond donors (Lipinski definition) is 0. The summed E-state index contributed by atoms with van der Waals surface area (Å²) in [5.74, 6) is 1.52. The quantitative estimate of drug-likeness (QED) is 0.421. The highest BCUT2D eigenvalue weighted by Gasteiger charge is 2.27. The third-order valence-electron chi connectivity index (χ3n) is 6.47. The van der Waals surface area contributed by atoms with Crippen LogP contribution in [0.1, 0.15) is 33.9 Å². The highest BCUT2D eigenvalue weighted by molar-refractivity contribution is 5.99. The van der Waals surface area contributed by atoms with Gasteiger partial charge in [0.1, 0.15) is 28.5 Å². The van der Waals surface area contributed by atoms with Crippen molar-refractivity contribution in [1.82, 2.24) is 19.6 Å². The molecule has 1 aromatic carbocycles. The van der Waals surface area contributed by atoms with E-state index in [0.29, 0.717) is 41.6 Å². The van der Waals surface area contributed by atoms with Gasteiger partial charge in [0.15, 0.2) is 0 Å². The first-order valence-corrected chi connectivity index (χ1v) is 11.4. The maximum absolute atomic E-state index is 13.7. The number of benzene rings is 1. The zero-order valence-electron chi connectivity index (χ0n) is 20.1. The monoisotopic (exact) mass is 474 g/mol. The molecule has 0 atom stereocenters. The summed E-state index contributed by atoms with van der Waals surface area (Å²) in [4.78, 5) is 33.0. The Balaban J connectivity index is 1.78. The molecule has 1 aliphatic rings. The average molecular weight is 475 g/mol. The number of ether oxygens (including phenoxy) is 2. The SMILES string of the molecule is COc1cc2c(cc1-c1c(C)noc1C)cc(C(=O)N1CCC1)c(=O)n2Cc1ncccc1OC. The average Bonchev–Trinajstić information content (AvgIpc) is 3.16. The molecule has 0 aliphatic carbocycles. The minimum Gasteiger partial charge on any atom is -0.496 e. The molecule has 9 heteroatoms. The predicted molar refractivity (Wildman–Crippen MR) is 130 cm³/mol. The van der Waals surface area contributed by atoms with Gasteiger partial charge < -0.3 is 23.5 Å². The van der Waals surface area contributed by atoms with Gasteiger partial charge in [-0.25, -0.2) is 0 Å². The van der Waals surface area contributed by atoms with Crippen molar-refractivity contribution in [2.24, 2.45) is 0 Å². The van der Waals surface area contributed by atoms with Gasteiger partial charge in [-0.1, -0.05) is 5.16 Å². The molecule has 0 unspecified atom stereocenters. The van der Waals surface area contributed by atoms with E-state index in [0.717, 1.165) is 28.6 Å². The van der Waals surface area contributed by atoms with Crippen LogP contribution < -0.4 is 15.0 Å². The molecule has 1 saturated heterocycles. The second kappa shape index (κ2) is 8.90. The molecule has 3 aromatic heterocycles. The van der Waals surface area contributed by atoms with E-state index in [2.05, 4.69) is 10.1 Å². The highest BCUT2D eigenvalue weighted by Crippen LogP contribution is 2.38. The van der Waals surface area contributed by atoms with Gasteiger partial charge in [-0.3, -0.25) is 14.6 Å². The molecular formula is C26H26N4O5. The van der Waals surface area contributed by atoms with Crippen LogP contribution in [-0.4, -0.2) is 52.8 Å². The number of carbonyl (C=O) groups excluding carboxylic acids is 1. The Kier molecular flexibility index (Phi) is 5.76. The molecule has 0 saturated carbocycles. The molecule has 5 rings (SSSR count). The summed E-state index contributed by atoms with van der Waals surface area (Å²) >= 11 is 0. The van der Waals surface area contributed by atoms with Crippen molar-refractivity contribution in [2.75, 3.05) is 27.3 Å². The molecule has 0 radical (unpaired) electrons. The topological polar surface area (TPSA) is 99.7 Å². The third-order valence-corrected chi connectivity index (χ3v) is 6.47. The number of hydrogen-bond acceptors (Lipinski definition) is 7. The summed E-state index contributed by atoms with van der Waals surface area (Å²) in [5.41, 5.74) is 3.28. The number of amides is 1. The molecule has 0 bridgehead atoms. The van der Waals surface area contributed by atoms with Gasteiger partial charge in [0.2, 0.25) is 0 Å². The van der Waals surface area contributed by atoms with Crippen molar-refractivity contribution < 1.29 is 18.8 Å². The third kappa shape index (κ3) is 3.82. The molecular weight excluding hydrogens is 448 g/mol. The fourth-order valence-corrected chi connectivity index (χ4v) is 4.52. The van der Waals surface area contributed by atoms with Gasteiger partial charge in [0.25, 0.3) is 11.5 Å². The lowest BCUT2D eigenvalue weighted by Gasteiger charge is -2.31. The Hall–Kier alpha value is -4.14. The predicted octanol–water partition coefficient (Wildman–Crippen LogP) is 3.58. The van der Waals surface area contributed by atoms with Crippen molar-refractivity contribution in [3.05, 3.63) is 69.6 Å². The summed E-state index contributed by atoms with van der Waals surface area (Å²) in [6, 6.07) is 8.96. The lowest BCUT2D eigenvalue weighted by atomic mass is 9.99. The first kappa shape index (κ1) is 22.6. The van der Waals surface area contributed by atoms with Gasteiger partial charge in [-0.05, 0) is 44.5 Å². The van der Waals surface area contributed by atoms with Gasteiger partial charge in [-0.2, -0.15) is 0 Å². The van der Waals surface area contributed by atoms with Gasteiger partial charge in [0.05, 0.1) is 37.5 Å². The second-order valence-electron chi connectivity index (χ2n) is 8.56. The number of fused-ring (bicyclic) bond motifs is 1. The Morgan fingerprint density at radius 2 is 1.89 bits per heavy atom. The number of aryl methyl sites for hydroxylation is 2. The number of carbonyl (C=O) groups is 1. The fourth-order valence-electron chi connectivity index (χ4n) is 4.52. The van der Waals surface area contributed by atoms with Crippen LogP contribution in [0.15, 0.2) is 45.8 Å². The number of pyridine rings is 2. The fraction of sp³-hybridized carbons (Fsp3) is 0.308. The van der Waals surface area contributed by atoms with Crippen molar-refractivity contribution in [1.29, 1.82) is 0 Å². The molecule has 35 heavy (non-hydrogen) atoms. The summed E-state index contributed by atoms with van der Waals surface area (Å²) in [6.07, 6.45) is 2.59. The number of methoxy groups -OCH3 is 2. The van der Waals surface area contributed by atoms with Gasteiger partial charge in [0, 0.05) is 36.3 Å². The van der Waals surface area contributed by atoms with Crippen LogP contribution in [0.25, 0.3) is 22.0 Å². The molecule has 180 valence electrons. The lowest BCUT2D eigenvalue weighted by Crippen LogP contribution is -2.44. The number of likely N-dealkylation sites (tertiary alicyclic amines) is 1. The van der Waals surface area contributed by atoms with E-state index in [1.54, 1.807) is 48.1 Å². The first-order chi connectivity index (χ1) is 16.9. The van der Waals surface area contributed by atoms with Gasteiger partial charge in [-0.15, -0.1) is 0 Å². The van der Waals surface area contributed by atoms with Crippen molar-refractivity contribution >= 4 is 16.8 Å². The molecule has 0 spiro atoms. The maximum atomic E-state index is 13.7. The number of aromatic nitrogens is 3. The van der Waals surface area contributed by atoms with E-state index >= 15 is 0 Å². The number of nitrogens with zero attached hydrogens (tertiary/aromatic N) is 4. The minimum absolute atomic E-state index is 0.127. The summed E-state index contributed by atoms with van der Waals surface area (Å²) in [5, 5.41) is 4.80. The Bertz CT molecular complexity index is 1480. The van der Waals surface area contributed by atoms with E-state index in [-0.39, 0.29) is 23.6 Å². The molecule has 4 heterocycles. The van der Waals surface area contributed by atoms with Crippen LogP contribution in [0, 0.1) is 13.8 Å². The minimum atomic E-state index is -0.380. The Labute approximate surface area is 201 Å². The standard InChI is InChI=1S/C26H26N4O5/c1-15-24(16(2)35-28-15)18-11-17-12-19(25(31)29-9-6-10-29)26(32)30(21(17)13-23(18)34-4)14-20-22(33-3)7-5-8-27-20/h5,7-8,11-13H,6,9-10,14H2,1-4H3. The smallest absolute Gasteiger partial charge is 0.264 e. The Morgan fingerprint density at radius 3 is 2.51 bits per heavy atom. The van der Waals surface area contributed by atoms with Crippen molar-refractivity contribution in [3.63, 3.8) is 0 Å². The zero-order valence-corrected chi connectivity index (χ0v) is 20.1. The van der Waals surface area contributed by atoms with E-state index in [1.165, 1.54) is 0 Å². The first-order valence-electron chi connectivity index (χ1n) is 11.4. The summed E-state index contributed by atoms with van der Waals surface area (Å²) < 4.78 is 18.1. The molecule has 4 aromatic rings. The van der Waals surface area contributed by atoms with Crippen LogP contribution in [-0.2, 0) is 6.54 Å². The molecule has 1 amide bonds. The van der Waals surface area contributed by atoms with Gasteiger partial charge >= 0.3 is 0 Å². The van der Waals surface area contributed by atoms with Crippen LogP contribution in [0.4, 0.5) is 0 Å². The Morgan fingerprint density at radius 1 is 1.11 bits per heavy atom. The van der Waals surface area contributed by atoms with E-state index in [1.807, 2.05) is 26.0 Å². The molecule has 9 nitrogen and oxygen atoms in total. The summed E-state index contributed by atoms with van der Waals surface area (Å²) in [6.45, 7) is 5.14. The van der Waals surface area contributed by atoms with Crippen molar-refractivity contribution in [3.8, 4) is 22.6 Å². The highest BCUT2D eigenvalue weighted by atomic mass is 16.5.